The number of hydrogen-bond acceptors (Lipinski definition) is 4. The summed E-state index contributed by atoms with van der Waals surface area (Å²) in [6, 6.07) is 7.49. The first-order chi connectivity index (χ1) is 9.74. The van der Waals surface area contributed by atoms with E-state index in [1.54, 1.807) is 6.20 Å². The lowest BCUT2D eigenvalue weighted by Crippen LogP contribution is -2.25. The quantitative estimate of drug-likeness (QED) is 0.744. The smallest absolute Gasteiger partial charge is 0.0961 e. The molecule has 1 aromatic heterocycles. The Morgan fingerprint density at radius 1 is 1.20 bits per heavy atom. The lowest BCUT2D eigenvalue weighted by Gasteiger charge is -2.15. The third-order valence-corrected chi connectivity index (χ3v) is 3.51. The number of nitrogens with zero attached hydrogens (tertiary/aromatic N) is 4. The molecule has 4 nitrogen and oxygen atoms in total. The molecule has 1 aromatic carbocycles. The maximum atomic E-state index is 5.97. The van der Waals surface area contributed by atoms with Crippen LogP contribution in [0.4, 0.5) is 5.69 Å². The van der Waals surface area contributed by atoms with Crippen molar-refractivity contribution in [2.45, 2.75) is 13.8 Å². The highest BCUT2D eigenvalue weighted by atomic mass is 35.5. The Morgan fingerprint density at radius 2 is 2.00 bits per heavy atom. The van der Waals surface area contributed by atoms with Crippen LogP contribution in [0.15, 0.2) is 40.7 Å². The van der Waals surface area contributed by atoms with Gasteiger partial charge in [-0.2, -0.15) is 10.2 Å². The third kappa shape index (κ3) is 3.74. The number of aromatic nitrogens is 1. The van der Waals surface area contributed by atoms with Crippen LogP contribution < -0.4 is 0 Å². The zero-order chi connectivity index (χ0) is 14.4. The molecular weight excluding hydrogens is 272 g/mol. The summed E-state index contributed by atoms with van der Waals surface area (Å²) in [7, 11) is 0. The normalized spacial score (nSPS) is 11.8. The number of fused-ring (bicyclic) bond motifs is 1. The molecule has 0 atom stereocenters. The first-order valence-corrected chi connectivity index (χ1v) is 7.26. The van der Waals surface area contributed by atoms with Crippen LogP contribution in [0.5, 0.6) is 0 Å². The van der Waals surface area contributed by atoms with Crippen molar-refractivity contribution in [1.29, 1.82) is 0 Å². The molecule has 106 valence electrons. The molecule has 20 heavy (non-hydrogen) atoms. The van der Waals surface area contributed by atoms with E-state index in [4.69, 9.17) is 11.6 Å². The van der Waals surface area contributed by atoms with Gasteiger partial charge < -0.3 is 4.90 Å². The summed E-state index contributed by atoms with van der Waals surface area (Å²) in [5, 5.41) is 10.2. The van der Waals surface area contributed by atoms with E-state index in [2.05, 4.69) is 34.0 Å². The van der Waals surface area contributed by atoms with Gasteiger partial charge in [-0.15, -0.1) is 0 Å². The van der Waals surface area contributed by atoms with Gasteiger partial charge in [-0.05, 0) is 37.4 Å². The van der Waals surface area contributed by atoms with Crippen molar-refractivity contribution >= 4 is 28.2 Å². The Labute approximate surface area is 124 Å². The maximum absolute atomic E-state index is 5.97. The highest BCUT2D eigenvalue weighted by molar-refractivity contribution is 6.31. The lowest BCUT2D eigenvalue weighted by atomic mass is 10.2. The highest BCUT2D eigenvalue weighted by Crippen LogP contribution is 2.26. The Kier molecular flexibility index (Phi) is 5.44. The molecule has 0 aliphatic rings. The van der Waals surface area contributed by atoms with E-state index in [0.717, 1.165) is 36.2 Å². The Balaban J connectivity index is 2.09. The fraction of sp³-hybridized carbons (Fsp3) is 0.400. The number of hydrogen-bond donors (Lipinski definition) is 0. The Bertz CT molecular complexity index is 593. The predicted molar refractivity (Wildman–Crippen MR) is 83.9 cm³/mol. The second kappa shape index (κ2) is 7.31. The SMILES string of the molecule is CCN(CC)CCN=Nc1ccnc2cc(Cl)ccc12. The number of rotatable bonds is 6. The number of azo groups is 1. The average molecular weight is 291 g/mol. The molecule has 0 bridgehead atoms. The molecule has 0 unspecified atom stereocenters. The maximum Gasteiger partial charge on any atom is 0.0961 e. The van der Waals surface area contributed by atoms with E-state index in [9.17, 15) is 0 Å². The molecule has 0 N–H and O–H groups in total. The number of benzene rings is 1. The molecule has 2 aromatic rings. The van der Waals surface area contributed by atoms with E-state index in [1.165, 1.54) is 0 Å². The van der Waals surface area contributed by atoms with Crippen molar-refractivity contribution in [3.63, 3.8) is 0 Å². The summed E-state index contributed by atoms with van der Waals surface area (Å²) in [5.41, 5.74) is 1.68. The van der Waals surface area contributed by atoms with Gasteiger partial charge in [-0.3, -0.25) is 4.98 Å². The monoisotopic (exact) mass is 290 g/mol. The molecule has 1 heterocycles. The minimum absolute atomic E-state index is 0.681. The average Bonchev–Trinajstić information content (AvgIpc) is 2.47. The van der Waals surface area contributed by atoms with Crippen molar-refractivity contribution in [3.8, 4) is 0 Å². The fourth-order valence-corrected chi connectivity index (χ4v) is 2.21. The number of halogens is 1. The predicted octanol–water partition coefficient (Wildman–Crippen LogP) is 4.31. The van der Waals surface area contributed by atoms with Crippen LogP contribution in [0.3, 0.4) is 0 Å². The number of pyridine rings is 1. The van der Waals surface area contributed by atoms with E-state index >= 15 is 0 Å². The van der Waals surface area contributed by atoms with E-state index in [-0.39, 0.29) is 0 Å². The third-order valence-electron chi connectivity index (χ3n) is 3.27. The topological polar surface area (TPSA) is 40.9 Å². The van der Waals surface area contributed by atoms with Crippen molar-refractivity contribution in [2.75, 3.05) is 26.2 Å². The zero-order valence-corrected chi connectivity index (χ0v) is 12.6. The Hall–Kier alpha value is -1.52. The summed E-state index contributed by atoms with van der Waals surface area (Å²) in [6.07, 6.45) is 1.73. The Morgan fingerprint density at radius 3 is 2.75 bits per heavy atom. The molecule has 0 spiro atoms. The van der Waals surface area contributed by atoms with Gasteiger partial charge in [0, 0.05) is 23.2 Å². The minimum atomic E-state index is 0.681. The van der Waals surface area contributed by atoms with Gasteiger partial charge in [0.15, 0.2) is 0 Å². The minimum Gasteiger partial charge on any atom is -0.302 e. The largest absolute Gasteiger partial charge is 0.302 e. The molecule has 0 fully saturated rings. The van der Waals surface area contributed by atoms with E-state index < -0.39 is 0 Å². The molecule has 0 aliphatic carbocycles. The summed E-state index contributed by atoms with van der Waals surface area (Å²) in [4.78, 5) is 6.61. The van der Waals surface area contributed by atoms with Crippen LogP contribution in [0.2, 0.25) is 5.02 Å². The second-order valence-corrected chi connectivity index (χ2v) is 4.92. The van der Waals surface area contributed by atoms with Crippen LogP contribution in [0.1, 0.15) is 13.8 Å². The fourth-order valence-electron chi connectivity index (χ4n) is 2.05. The van der Waals surface area contributed by atoms with E-state index in [1.807, 2.05) is 24.3 Å². The van der Waals surface area contributed by atoms with Gasteiger partial charge in [0.05, 0.1) is 17.7 Å². The van der Waals surface area contributed by atoms with Crippen molar-refractivity contribution in [3.05, 3.63) is 35.5 Å². The van der Waals surface area contributed by atoms with Crippen molar-refractivity contribution < 1.29 is 0 Å². The van der Waals surface area contributed by atoms with Gasteiger partial charge >= 0.3 is 0 Å². The molecule has 0 saturated carbocycles. The second-order valence-electron chi connectivity index (χ2n) is 4.48. The highest BCUT2D eigenvalue weighted by Gasteiger charge is 2.02. The van der Waals surface area contributed by atoms with Crippen LogP contribution >= 0.6 is 11.6 Å². The summed E-state index contributed by atoms with van der Waals surface area (Å²) in [5.74, 6) is 0. The van der Waals surface area contributed by atoms with E-state index in [0.29, 0.717) is 11.6 Å². The molecule has 0 amide bonds. The molecule has 2 rings (SSSR count). The van der Waals surface area contributed by atoms with Crippen LogP contribution in [0.25, 0.3) is 10.9 Å². The van der Waals surface area contributed by atoms with Gasteiger partial charge in [0.25, 0.3) is 0 Å². The summed E-state index contributed by atoms with van der Waals surface area (Å²) >= 11 is 5.97. The van der Waals surface area contributed by atoms with Gasteiger partial charge in [-0.25, -0.2) is 0 Å². The van der Waals surface area contributed by atoms with Crippen LogP contribution in [-0.2, 0) is 0 Å². The molecule has 0 saturated heterocycles. The van der Waals surface area contributed by atoms with Crippen LogP contribution in [0, 0.1) is 0 Å². The summed E-state index contributed by atoms with van der Waals surface area (Å²) < 4.78 is 0. The standard InChI is InChI=1S/C15H19ClN4/c1-3-20(4-2)10-9-18-19-14-7-8-17-15-11-12(16)5-6-13(14)15/h5-8,11H,3-4,9-10H2,1-2H3. The van der Waals surface area contributed by atoms with Crippen molar-refractivity contribution in [2.24, 2.45) is 10.2 Å². The van der Waals surface area contributed by atoms with Crippen LogP contribution in [-0.4, -0.2) is 36.1 Å². The van der Waals surface area contributed by atoms with Gasteiger partial charge in [0.2, 0.25) is 0 Å². The number of likely N-dealkylation sites (N-methyl/N-ethyl adjacent to an activating group) is 1. The molecule has 0 radical (unpaired) electrons. The zero-order valence-electron chi connectivity index (χ0n) is 11.9. The van der Waals surface area contributed by atoms with Gasteiger partial charge in [-0.1, -0.05) is 25.4 Å². The lowest BCUT2D eigenvalue weighted by molar-refractivity contribution is 0.311. The first kappa shape index (κ1) is 14.9. The molecular formula is C15H19ClN4. The molecule has 0 aliphatic heterocycles. The summed E-state index contributed by atoms with van der Waals surface area (Å²) in [6.45, 7) is 8.04. The van der Waals surface area contributed by atoms with Gasteiger partial charge in [0.1, 0.15) is 0 Å². The van der Waals surface area contributed by atoms with Crippen molar-refractivity contribution in [1.82, 2.24) is 9.88 Å². The molecule has 5 heteroatoms. The first-order valence-electron chi connectivity index (χ1n) is 6.88.